The summed E-state index contributed by atoms with van der Waals surface area (Å²) in [7, 11) is 0. The molecule has 2 aromatic heterocycles. The number of Topliss-reactive ketones (excluding diaryl/α,β-unsaturated/α-hetero) is 1. The first kappa shape index (κ1) is 18.9. The van der Waals surface area contributed by atoms with Crippen molar-refractivity contribution in [2.24, 2.45) is 0 Å². The van der Waals surface area contributed by atoms with E-state index < -0.39 is 0 Å². The average Bonchev–Trinajstić information content (AvgIpc) is 3.10. The second-order valence-electron chi connectivity index (χ2n) is 7.02. The fourth-order valence-electron chi connectivity index (χ4n) is 3.60. The molecule has 0 aliphatic rings. The molecule has 142 valence electrons. The number of carbonyl (C=O) groups is 2. The number of nitrogens with one attached hydrogen (secondary N) is 1. The quantitative estimate of drug-likeness (QED) is 0.668. The van der Waals surface area contributed by atoms with Crippen LogP contribution >= 0.6 is 0 Å². The Balaban J connectivity index is 1.66. The predicted octanol–water partition coefficient (Wildman–Crippen LogP) is 4.02. The third kappa shape index (κ3) is 3.65. The summed E-state index contributed by atoms with van der Waals surface area (Å²) in [6.07, 6.45) is 0.276. The van der Waals surface area contributed by atoms with Crippen molar-refractivity contribution in [1.82, 2.24) is 15.1 Å². The highest BCUT2D eigenvalue weighted by atomic mass is 16.3. The number of furan rings is 1. The van der Waals surface area contributed by atoms with Crippen LogP contribution in [0.5, 0.6) is 0 Å². The number of fused-ring (bicyclic) bond motifs is 1. The lowest BCUT2D eigenvalue weighted by molar-refractivity contribution is -0.122. The van der Waals surface area contributed by atoms with Gasteiger partial charge < -0.3 is 9.73 Å². The molecule has 1 atom stereocenters. The standard InChI is InChI=1S/C21H25N3O3/c1-12(24-15(4)21(16(5)25)14(3)23-24)10-20(26)22-11-19-13(2)17-8-6-7-9-18(17)27-19/h6-9,12H,10-11H2,1-5H3,(H,22,26)/t12-/m0/s1. The summed E-state index contributed by atoms with van der Waals surface area (Å²) in [5.41, 5.74) is 4.01. The van der Waals surface area contributed by atoms with Crippen LogP contribution in [-0.2, 0) is 11.3 Å². The summed E-state index contributed by atoms with van der Waals surface area (Å²) < 4.78 is 7.60. The van der Waals surface area contributed by atoms with Crippen LogP contribution in [-0.4, -0.2) is 21.5 Å². The minimum Gasteiger partial charge on any atom is -0.459 e. The second-order valence-corrected chi connectivity index (χ2v) is 7.02. The van der Waals surface area contributed by atoms with Gasteiger partial charge in [-0.1, -0.05) is 18.2 Å². The van der Waals surface area contributed by atoms with Gasteiger partial charge in [-0.2, -0.15) is 5.10 Å². The van der Waals surface area contributed by atoms with E-state index in [9.17, 15) is 9.59 Å². The van der Waals surface area contributed by atoms with Crippen molar-refractivity contribution in [3.8, 4) is 0 Å². The van der Waals surface area contributed by atoms with E-state index in [0.717, 1.165) is 28.0 Å². The maximum Gasteiger partial charge on any atom is 0.222 e. The highest BCUT2D eigenvalue weighted by Crippen LogP contribution is 2.25. The number of rotatable bonds is 6. The van der Waals surface area contributed by atoms with Crippen LogP contribution < -0.4 is 5.32 Å². The molecule has 0 saturated carbocycles. The molecule has 0 radical (unpaired) electrons. The van der Waals surface area contributed by atoms with Crippen LogP contribution in [0, 0.1) is 20.8 Å². The molecule has 1 amide bonds. The van der Waals surface area contributed by atoms with Crippen LogP contribution in [0.25, 0.3) is 11.0 Å². The van der Waals surface area contributed by atoms with E-state index in [0.29, 0.717) is 17.8 Å². The van der Waals surface area contributed by atoms with Crippen molar-refractivity contribution >= 4 is 22.7 Å². The molecule has 3 aromatic rings. The van der Waals surface area contributed by atoms with Crippen LogP contribution in [0.2, 0.25) is 0 Å². The zero-order valence-electron chi connectivity index (χ0n) is 16.4. The van der Waals surface area contributed by atoms with Gasteiger partial charge in [-0.25, -0.2) is 0 Å². The average molecular weight is 367 g/mol. The number of aryl methyl sites for hydroxylation is 2. The largest absolute Gasteiger partial charge is 0.459 e. The maximum absolute atomic E-state index is 12.4. The first-order valence-corrected chi connectivity index (χ1v) is 9.10. The number of para-hydroxylation sites is 1. The van der Waals surface area contributed by atoms with Crippen LogP contribution in [0.3, 0.4) is 0 Å². The normalized spacial score (nSPS) is 12.3. The van der Waals surface area contributed by atoms with Crippen molar-refractivity contribution in [3.05, 3.63) is 52.5 Å². The van der Waals surface area contributed by atoms with Crippen molar-refractivity contribution in [1.29, 1.82) is 0 Å². The van der Waals surface area contributed by atoms with Crippen molar-refractivity contribution < 1.29 is 14.0 Å². The Kier molecular flexibility index (Phi) is 5.17. The minimum absolute atomic E-state index is 0.00624. The fraction of sp³-hybridized carbons (Fsp3) is 0.381. The molecule has 0 spiro atoms. The lowest BCUT2D eigenvalue weighted by atomic mass is 10.1. The van der Waals surface area contributed by atoms with Gasteiger partial charge in [-0.15, -0.1) is 0 Å². The number of carbonyl (C=O) groups excluding carboxylic acids is 2. The van der Waals surface area contributed by atoms with Gasteiger partial charge in [0.1, 0.15) is 11.3 Å². The summed E-state index contributed by atoms with van der Waals surface area (Å²) in [4.78, 5) is 24.2. The smallest absolute Gasteiger partial charge is 0.222 e. The molecule has 0 unspecified atom stereocenters. The van der Waals surface area contributed by atoms with Crippen molar-refractivity contribution in [3.63, 3.8) is 0 Å². The van der Waals surface area contributed by atoms with E-state index in [-0.39, 0.29) is 24.2 Å². The number of nitrogens with zero attached hydrogens (tertiary/aromatic N) is 2. The van der Waals surface area contributed by atoms with Crippen molar-refractivity contribution in [2.75, 3.05) is 0 Å². The van der Waals surface area contributed by atoms with Gasteiger partial charge >= 0.3 is 0 Å². The second kappa shape index (κ2) is 7.39. The Morgan fingerprint density at radius 2 is 1.93 bits per heavy atom. The Morgan fingerprint density at radius 1 is 1.22 bits per heavy atom. The van der Waals surface area contributed by atoms with Gasteiger partial charge in [0.15, 0.2) is 5.78 Å². The van der Waals surface area contributed by atoms with E-state index in [1.165, 1.54) is 6.92 Å². The fourth-order valence-corrected chi connectivity index (χ4v) is 3.60. The molecule has 6 heteroatoms. The molecule has 27 heavy (non-hydrogen) atoms. The topological polar surface area (TPSA) is 77.1 Å². The van der Waals surface area contributed by atoms with Gasteiger partial charge in [-0.05, 0) is 40.7 Å². The van der Waals surface area contributed by atoms with Crippen LogP contribution in [0.15, 0.2) is 28.7 Å². The Bertz CT molecular complexity index is 1010. The molecule has 6 nitrogen and oxygen atoms in total. The Labute approximate surface area is 158 Å². The minimum atomic E-state index is -0.145. The number of amides is 1. The highest BCUT2D eigenvalue weighted by molar-refractivity contribution is 5.96. The predicted molar refractivity (Wildman–Crippen MR) is 104 cm³/mol. The van der Waals surface area contributed by atoms with Gasteiger partial charge in [0.25, 0.3) is 0 Å². The summed E-state index contributed by atoms with van der Waals surface area (Å²) in [5.74, 6) is 0.676. The molecule has 0 saturated heterocycles. The zero-order chi connectivity index (χ0) is 19.7. The van der Waals surface area contributed by atoms with E-state index in [2.05, 4.69) is 10.4 Å². The summed E-state index contributed by atoms with van der Waals surface area (Å²) in [6.45, 7) is 9.49. The van der Waals surface area contributed by atoms with E-state index in [1.54, 1.807) is 4.68 Å². The zero-order valence-corrected chi connectivity index (χ0v) is 16.4. The first-order chi connectivity index (χ1) is 12.8. The summed E-state index contributed by atoms with van der Waals surface area (Å²) in [6, 6.07) is 7.69. The van der Waals surface area contributed by atoms with E-state index >= 15 is 0 Å². The Morgan fingerprint density at radius 3 is 2.56 bits per heavy atom. The summed E-state index contributed by atoms with van der Waals surface area (Å²) >= 11 is 0. The number of hydrogen-bond acceptors (Lipinski definition) is 4. The molecule has 1 aromatic carbocycles. The maximum atomic E-state index is 12.4. The summed E-state index contributed by atoms with van der Waals surface area (Å²) in [5, 5.41) is 8.43. The van der Waals surface area contributed by atoms with Gasteiger partial charge in [0, 0.05) is 23.1 Å². The molecule has 0 bridgehead atoms. The monoisotopic (exact) mass is 367 g/mol. The van der Waals surface area contributed by atoms with E-state index in [4.69, 9.17) is 4.42 Å². The molecule has 3 rings (SSSR count). The van der Waals surface area contributed by atoms with Crippen LogP contribution in [0.4, 0.5) is 0 Å². The SMILES string of the molecule is CC(=O)c1c(C)nn([C@@H](C)CC(=O)NCc2oc3ccccc3c2C)c1C. The van der Waals surface area contributed by atoms with Gasteiger partial charge in [0.05, 0.1) is 23.8 Å². The third-order valence-corrected chi connectivity index (χ3v) is 4.96. The number of ketones is 1. The molecular formula is C21H25N3O3. The molecule has 0 aliphatic heterocycles. The van der Waals surface area contributed by atoms with E-state index in [1.807, 2.05) is 52.0 Å². The molecule has 2 heterocycles. The lowest BCUT2D eigenvalue weighted by Crippen LogP contribution is -2.26. The highest BCUT2D eigenvalue weighted by Gasteiger charge is 2.20. The first-order valence-electron chi connectivity index (χ1n) is 9.10. The number of hydrogen-bond donors (Lipinski definition) is 1. The molecular weight excluding hydrogens is 342 g/mol. The van der Waals surface area contributed by atoms with Crippen LogP contribution in [0.1, 0.15) is 59.4 Å². The lowest BCUT2D eigenvalue weighted by Gasteiger charge is -2.14. The van der Waals surface area contributed by atoms with Gasteiger partial charge in [0.2, 0.25) is 5.91 Å². The van der Waals surface area contributed by atoms with Gasteiger partial charge in [-0.3, -0.25) is 14.3 Å². The number of aromatic nitrogens is 2. The molecule has 0 fully saturated rings. The third-order valence-electron chi connectivity index (χ3n) is 4.96. The number of benzene rings is 1. The molecule has 1 N–H and O–H groups in total. The van der Waals surface area contributed by atoms with Crippen molar-refractivity contribution in [2.45, 2.75) is 53.6 Å². The molecule has 0 aliphatic carbocycles. The Hall–Kier alpha value is -2.89.